The molecule has 11 aromatic rings. The average Bonchev–Trinajstić information content (AvgIpc) is 3.88. The molecule has 1 aliphatic heterocycles. The number of rotatable bonds is 8. The molecule has 0 bridgehead atoms. The Morgan fingerprint density at radius 1 is 0.284 bits per heavy atom. The fourth-order valence-electron chi connectivity index (χ4n) is 11.8. The molecular formula is C65H45NSi. The monoisotopic (exact) mass is 867 g/mol. The molecular weight excluding hydrogens is 823 g/mol. The van der Waals surface area contributed by atoms with Crippen LogP contribution in [0.5, 0.6) is 0 Å². The molecule has 0 fully saturated rings. The Kier molecular flexibility index (Phi) is 9.16. The second kappa shape index (κ2) is 15.7. The Morgan fingerprint density at radius 2 is 0.791 bits per heavy atom. The molecule has 67 heavy (non-hydrogen) atoms. The van der Waals surface area contributed by atoms with Crippen LogP contribution in [0.1, 0.15) is 22.3 Å². The van der Waals surface area contributed by atoms with E-state index in [0.29, 0.717) is 0 Å². The molecule has 0 atom stereocenters. The van der Waals surface area contributed by atoms with Crippen molar-refractivity contribution in [2.45, 2.75) is 5.41 Å². The SMILES string of the molecule is c1ccc(C2(c3ccccc3)c3ccccc3-c3ccc(N(c4ccc(-c5cccc([Si]6(c7ccccc7)c7ccccc7-c7ccccc76)c5)cc4)c4ccc5ccccc5c4)cc32)cc1. The molecule has 2 heteroatoms. The van der Waals surface area contributed by atoms with Crippen molar-refractivity contribution in [1.82, 2.24) is 0 Å². The molecule has 1 heterocycles. The van der Waals surface area contributed by atoms with Gasteiger partial charge in [-0.15, -0.1) is 0 Å². The Labute approximate surface area is 393 Å². The molecule has 2 aliphatic rings. The predicted octanol–water partition coefficient (Wildman–Crippen LogP) is 13.7. The first-order valence-electron chi connectivity index (χ1n) is 23.3. The number of anilines is 3. The zero-order valence-corrected chi connectivity index (χ0v) is 37.9. The van der Waals surface area contributed by atoms with Gasteiger partial charge in [0.2, 0.25) is 0 Å². The summed E-state index contributed by atoms with van der Waals surface area (Å²) < 4.78 is 0. The minimum atomic E-state index is -2.63. The lowest BCUT2D eigenvalue weighted by Gasteiger charge is -2.35. The topological polar surface area (TPSA) is 3.24 Å². The summed E-state index contributed by atoms with van der Waals surface area (Å²) >= 11 is 0. The van der Waals surface area contributed by atoms with Crippen molar-refractivity contribution in [1.29, 1.82) is 0 Å². The summed E-state index contributed by atoms with van der Waals surface area (Å²) in [5, 5.41) is 8.16. The third-order valence-electron chi connectivity index (χ3n) is 14.6. The number of benzene rings is 11. The molecule has 1 aliphatic carbocycles. The van der Waals surface area contributed by atoms with Crippen molar-refractivity contribution in [2.75, 3.05) is 4.90 Å². The minimum absolute atomic E-state index is 0.505. The maximum Gasteiger partial charge on any atom is 0.180 e. The van der Waals surface area contributed by atoms with Gasteiger partial charge in [0.05, 0.1) is 5.41 Å². The van der Waals surface area contributed by atoms with E-state index < -0.39 is 13.5 Å². The van der Waals surface area contributed by atoms with Crippen LogP contribution in [0.25, 0.3) is 44.2 Å². The van der Waals surface area contributed by atoms with Crippen LogP contribution in [0.4, 0.5) is 17.1 Å². The van der Waals surface area contributed by atoms with Gasteiger partial charge in [-0.1, -0.05) is 237 Å². The van der Waals surface area contributed by atoms with E-state index in [-0.39, 0.29) is 0 Å². The van der Waals surface area contributed by atoms with Gasteiger partial charge in [0.25, 0.3) is 0 Å². The number of nitrogens with zero attached hydrogens (tertiary/aromatic N) is 1. The summed E-state index contributed by atoms with van der Waals surface area (Å²) in [6.07, 6.45) is 0. The van der Waals surface area contributed by atoms with Crippen molar-refractivity contribution in [3.05, 3.63) is 295 Å². The van der Waals surface area contributed by atoms with Crippen LogP contribution in [0.3, 0.4) is 0 Å². The van der Waals surface area contributed by atoms with Gasteiger partial charge in [-0.2, -0.15) is 0 Å². The fourth-order valence-corrected chi connectivity index (χ4v) is 17.0. The molecule has 0 radical (unpaired) electrons. The highest BCUT2D eigenvalue weighted by Crippen LogP contribution is 2.57. The maximum absolute atomic E-state index is 2.63. The highest BCUT2D eigenvalue weighted by Gasteiger charge is 2.49. The van der Waals surface area contributed by atoms with Crippen molar-refractivity contribution in [2.24, 2.45) is 0 Å². The molecule has 0 aromatic heterocycles. The van der Waals surface area contributed by atoms with E-state index in [9.17, 15) is 0 Å². The number of hydrogen-bond acceptors (Lipinski definition) is 1. The zero-order valence-electron chi connectivity index (χ0n) is 36.9. The normalized spacial score (nSPS) is 13.6. The van der Waals surface area contributed by atoms with Gasteiger partial charge < -0.3 is 4.90 Å². The Morgan fingerprint density at radius 3 is 1.48 bits per heavy atom. The summed E-state index contributed by atoms with van der Waals surface area (Å²) in [5.74, 6) is 0. The predicted molar refractivity (Wildman–Crippen MR) is 284 cm³/mol. The van der Waals surface area contributed by atoms with Gasteiger partial charge in [0.15, 0.2) is 8.07 Å². The zero-order chi connectivity index (χ0) is 44.4. The van der Waals surface area contributed by atoms with Crippen molar-refractivity contribution < 1.29 is 0 Å². The lowest BCUT2D eigenvalue weighted by Crippen LogP contribution is -2.72. The van der Waals surface area contributed by atoms with Gasteiger partial charge in [-0.3, -0.25) is 0 Å². The summed E-state index contributed by atoms with van der Waals surface area (Å²) in [6, 6.07) is 102. The number of hydrogen-bond donors (Lipinski definition) is 0. The second-order valence-corrected chi connectivity index (χ2v) is 21.7. The molecule has 11 aromatic carbocycles. The third-order valence-corrected chi connectivity index (χ3v) is 19.5. The van der Waals surface area contributed by atoms with Gasteiger partial charge in [0.1, 0.15) is 0 Å². The molecule has 0 N–H and O–H groups in total. The van der Waals surface area contributed by atoms with E-state index in [2.05, 4.69) is 278 Å². The largest absolute Gasteiger partial charge is 0.310 e. The summed E-state index contributed by atoms with van der Waals surface area (Å²) in [7, 11) is -2.63. The molecule has 0 spiro atoms. The lowest BCUT2D eigenvalue weighted by atomic mass is 9.67. The van der Waals surface area contributed by atoms with Crippen molar-refractivity contribution in [3.8, 4) is 33.4 Å². The molecule has 1 nitrogen and oxygen atoms in total. The highest BCUT2D eigenvalue weighted by molar-refractivity contribution is 7.22. The standard InChI is InChI=1S/C65H45NSi/c1-4-22-50(23-5-1)65(51-24-6-2-7-25-51)61-32-15-12-29-57(61)58-42-41-54(45-62(58)65)66(53-40-37-46-19-10-11-20-48(46)43-53)52-38-35-47(36-39-52)49-21-18-28-56(44-49)67(55-26-8-3-9-27-55)63-33-16-13-30-59(63)60-31-14-17-34-64(60)67/h1-45H. The Hall–Kier alpha value is -8.30. The fraction of sp³-hybridized carbons (Fsp3) is 0.0154. The maximum atomic E-state index is 2.49. The highest BCUT2D eigenvalue weighted by atomic mass is 28.3. The molecule has 0 amide bonds. The van der Waals surface area contributed by atoms with Crippen LogP contribution in [0, 0.1) is 0 Å². The smallest absolute Gasteiger partial charge is 0.180 e. The van der Waals surface area contributed by atoms with Crippen LogP contribution in [-0.2, 0) is 5.41 Å². The van der Waals surface area contributed by atoms with Gasteiger partial charge in [0, 0.05) is 17.1 Å². The van der Waals surface area contributed by atoms with Crippen molar-refractivity contribution >= 4 is 56.7 Å². The Balaban J connectivity index is 0.974. The molecule has 13 rings (SSSR count). The van der Waals surface area contributed by atoms with E-state index in [1.807, 2.05) is 0 Å². The van der Waals surface area contributed by atoms with Crippen molar-refractivity contribution in [3.63, 3.8) is 0 Å². The van der Waals surface area contributed by atoms with Gasteiger partial charge >= 0.3 is 0 Å². The van der Waals surface area contributed by atoms with Crippen LogP contribution in [-0.4, -0.2) is 8.07 Å². The molecule has 314 valence electrons. The third kappa shape index (κ3) is 5.93. The van der Waals surface area contributed by atoms with E-state index >= 15 is 0 Å². The van der Waals surface area contributed by atoms with E-state index in [1.165, 1.54) is 87.2 Å². The second-order valence-electron chi connectivity index (χ2n) is 18.0. The molecule has 0 saturated carbocycles. The van der Waals surface area contributed by atoms with Crippen LogP contribution in [0.2, 0.25) is 0 Å². The quantitative estimate of drug-likeness (QED) is 0.138. The lowest BCUT2D eigenvalue weighted by molar-refractivity contribution is 0.768. The van der Waals surface area contributed by atoms with Crippen LogP contribution >= 0.6 is 0 Å². The summed E-state index contributed by atoms with van der Waals surface area (Å²) in [4.78, 5) is 2.44. The van der Waals surface area contributed by atoms with Gasteiger partial charge in [-0.05, 0) is 124 Å². The first-order chi connectivity index (χ1) is 33.2. The van der Waals surface area contributed by atoms with E-state index in [1.54, 1.807) is 0 Å². The molecule has 0 unspecified atom stereocenters. The summed E-state index contributed by atoms with van der Waals surface area (Å²) in [6.45, 7) is 0. The number of fused-ring (bicyclic) bond motifs is 7. The van der Waals surface area contributed by atoms with E-state index in [0.717, 1.165) is 17.1 Å². The van der Waals surface area contributed by atoms with Crippen LogP contribution < -0.4 is 25.6 Å². The Bertz CT molecular complexity index is 3550. The summed E-state index contributed by atoms with van der Waals surface area (Å²) in [5.41, 5.74) is 15.6. The average molecular weight is 868 g/mol. The molecule has 0 saturated heterocycles. The van der Waals surface area contributed by atoms with Crippen LogP contribution in [0.15, 0.2) is 273 Å². The minimum Gasteiger partial charge on any atom is -0.310 e. The first-order valence-corrected chi connectivity index (χ1v) is 25.3. The van der Waals surface area contributed by atoms with Gasteiger partial charge in [-0.25, -0.2) is 0 Å². The van der Waals surface area contributed by atoms with E-state index in [4.69, 9.17) is 0 Å². The first kappa shape index (κ1) is 39.1.